The maximum Gasteiger partial charge on any atom is 0.234 e. The Labute approximate surface area is 209 Å². The van der Waals surface area contributed by atoms with E-state index in [9.17, 15) is 9.90 Å². The van der Waals surface area contributed by atoms with Crippen LogP contribution in [0.1, 0.15) is 23.0 Å². The highest BCUT2D eigenvalue weighted by molar-refractivity contribution is 7.18. The number of benzene rings is 2. The normalized spacial score (nSPS) is 19.7. The van der Waals surface area contributed by atoms with Gasteiger partial charge in [-0.05, 0) is 25.1 Å². The van der Waals surface area contributed by atoms with E-state index in [1.807, 2.05) is 49.4 Å². The molecule has 186 valence electrons. The predicted molar refractivity (Wildman–Crippen MR) is 136 cm³/mol. The molecule has 1 saturated heterocycles. The second kappa shape index (κ2) is 10.9. The Morgan fingerprint density at radius 3 is 2.89 bits per heavy atom. The molecule has 35 heavy (non-hydrogen) atoms. The lowest BCUT2D eigenvalue weighted by Gasteiger charge is -2.35. The number of aryl methyl sites for hydroxylation is 1. The number of nitrogens with one attached hydrogen (secondary N) is 1. The van der Waals surface area contributed by atoms with Gasteiger partial charge in [-0.1, -0.05) is 18.2 Å². The SMILES string of the molecule is Cc1nc2cc(OC[C@H](O)CN3CCN(CC(=O)NC4CCOc5ccccc54)CC3)ccc2s1. The molecule has 3 heterocycles. The Morgan fingerprint density at radius 2 is 2.03 bits per heavy atom. The van der Waals surface area contributed by atoms with Crippen LogP contribution in [0.3, 0.4) is 0 Å². The summed E-state index contributed by atoms with van der Waals surface area (Å²) in [5, 5.41) is 14.7. The van der Waals surface area contributed by atoms with Gasteiger partial charge in [-0.25, -0.2) is 4.98 Å². The van der Waals surface area contributed by atoms with Crippen LogP contribution in [0.2, 0.25) is 0 Å². The summed E-state index contributed by atoms with van der Waals surface area (Å²) in [4.78, 5) is 21.6. The van der Waals surface area contributed by atoms with Gasteiger partial charge in [-0.15, -0.1) is 11.3 Å². The molecule has 0 saturated carbocycles. The second-order valence-corrected chi connectivity index (χ2v) is 10.4. The van der Waals surface area contributed by atoms with Crippen molar-refractivity contribution in [3.63, 3.8) is 0 Å². The molecule has 2 aromatic carbocycles. The minimum absolute atomic E-state index is 0.00383. The summed E-state index contributed by atoms with van der Waals surface area (Å²) in [6.07, 6.45) is 0.208. The molecule has 2 aliphatic rings. The van der Waals surface area contributed by atoms with Crippen molar-refractivity contribution < 1.29 is 19.4 Å². The zero-order valence-electron chi connectivity index (χ0n) is 20.0. The van der Waals surface area contributed by atoms with Crippen molar-refractivity contribution in [2.24, 2.45) is 0 Å². The largest absolute Gasteiger partial charge is 0.493 e. The zero-order valence-corrected chi connectivity index (χ0v) is 20.8. The lowest BCUT2D eigenvalue weighted by molar-refractivity contribution is -0.123. The number of fused-ring (bicyclic) bond motifs is 2. The molecule has 0 radical (unpaired) electrons. The Kier molecular flexibility index (Phi) is 7.48. The number of nitrogens with zero attached hydrogens (tertiary/aromatic N) is 3. The number of thiazole rings is 1. The quantitative estimate of drug-likeness (QED) is 0.496. The van der Waals surface area contributed by atoms with Crippen molar-refractivity contribution in [2.45, 2.75) is 25.5 Å². The lowest BCUT2D eigenvalue weighted by atomic mass is 10.0. The van der Waals surface area contributed by atoms with Gasteiger partial charge < -0.3 is 19.9 Å². The van der Waals surface area contributed by atoms with Gasteiger partial charge in [0.25, 0.3) is 0 Å². The fourth-order valence-corrected chi connectivity index (χ4v) is 5.53. The van der Waals surface area contributed by atoms with Gasteiger partial charge >= 0.3 is 0 Å². The predicted octanol–water partition coefficient (Wildman–Crippen LogP) is 2.60. The number of carbonyl (C=O) groups is 1. The van der Waals surface area contributed by atoms with Crippen molar-refractivity contribution in [1.29, 1.82) is 0 Å². The van der Waals surface area contributed by atoms with E-state index in [0.717, 1.165) is 64.9 Å². The Balaban J connectivity index is 1.03. The number of carbonyl (C=O) groups excluding carboxylic acids is 1. The topological polar surface area (TPSA) is 87.2 Å². The first-order chi connectivity index (χ1) is 17.0. The minimum Gasteiger partial charge on any atom is -0.493 e. The van der Waals surface area contributed by atoms with Gasteiger partial charge in [0.2, 0.25) is 5.91 Å². The van der Waals surface area contributed by atoms with Gasteiger partial charge in [0.05, 0.1) is 34.4 Å². The first-order valence-corrected chi connectivity index (χ1v) is 13.0. The molecule has 8 nitrogen and oxygen atoms in total. The maximum atomic E-state index is 12.7. The van der Waals surface area contributed by atoms with Crippen LogP contribution < -0.4 is 14.8 Å². The molecule has 1 unspecified atom stereocenters. The first kappa shape index (κ1) is 24.0. The minimum atomic E-state index is -0.577. The number of para-hydroxylation sites is 1. The molecule has 9 heteroatoms. The highest BCUT2D eigenvalue weighted by Gasteiger charge is 2.25. The maximum absolute atomic E-state index is 12.7. The molecule has 1 fully saturated rings. The molecule has 2 atom stereocenters. The second-order valence-electron chi connectivity index (χ2n) is 9.20. The number of aromatic nitrogens is 1. The van der Waals surface area contributed by atoms with Crippen LogP contribution in [-0.2, 0) is 4.79 Å². The smallest absolute Gasteiger partial charge is 0.234 e. The van der Waals surface area contributed by atoms with Crippen LogP contribution >= 0.6 is 11.3 Å². The van der Waals surface area contributed by atoms with Crippen LogP contribution in [0.5, 0.6) is 11.5 Å². The number of aliphatic hydroxyl groups is 1. The van der Waals surface area contributed by atoms with E-state index in [1.165, 1.54) is 0 Å². The Hall–Kier alpha value is -2.72. The van der Waals surface area contributed by atoms with E-state index in [4.69, 9.17) is 9.47 Å². The summed E-state index contributed by atoms with van der Waals surface area (Å²) in [6, 6.07) is 13.8. The number of β-amino-alcohol motifs (C(OH)–C–C–N with tert-alkyl or cyclic N) is 1. The standard InChI is InChI=1S/C26H32N4O4S/c1-18-27-23-14-20(6-7-25(23)35-18)34-17-19(31)15-29-9-11-30(12-10-29)16-26(32)28-22-8-13-33-24-5-3-2-4-21(22)24/h2-7,14,19,22,31H,8-13,15-17H2,1H3,(H,28,32)/t19-,22?/m1/s1. The highest BCUT2D eigenvalue weighted by atomic mass is 32.1. The number of ether oxygens (including phenoxy) is 2. The molecule has 1 aromatic heterocycles. The van der Waals surface area contributed by atoms with Crippen molar-refractivity contribution in [3.8, 4) is 11.5 Å². The fourth-order valence-electron chi connectivity index (χ4n) is 4.72. The van der Waals surface area contributed by atoms with Gasteiger partial charge in [0.1, 0.15) is 24.2 Å². The summed E-state index contributed by atoms with van der Waals surface area (Å²) in [7, 11) is 0. The summed E-state index contributed by atoms with van der Waals surface area (Å²) >= 11 is 1.66. The summed E-state index contributed by atoms with van der Waals surface area (Å²) in [6.45, 7) is 7.01. The average molecular weight is 497 g/mol. The van der Waals surface area contributed by atoms with Gasteiger partial charge in [0, 0.05) is 50.8 Å². The molecule has 3 aromatic rings. The third-order valence-electron chi connectivity index (χ3n) is 6.50. The highest BCUT2D eigenvalue weighted by Crippen LogP contribution is 2.31. The summed E-state index contributed by atoms with van der Waals surface area (Å²) in [5.74, 6) is 1.63. The van der Waals surface area contributed by atoms with Gasteiger partial charge in [-0.3, -0.25) is 14.6 Å². The van der Waals surface area contributed by atoms with Crippen LogP contribution in [0, 0.1) is 6.92 Å². The van der Waals surface area contributed by atoms with Crippen LogP contribution in [0.15, 0.2) is 42.5 Å². The van der Waals surface area contributed by atoms with Crippen molar-refractivity contribution in [3.05, 3.63) is 53.0 Å². The van der Waals surface area contributed by atoms with Crippen LogP contribution in [-0.4, -0.2) is 84.4 Å². The zero-order chi connectivity index (χ0) is 24.2. The van der Waals surface area contributed by atoms with Crippen LogP contribution in [0.4, 0.5) is 0 Å². The van der Waals surface area contributed by atoms with E-state index >= 15 is 0 Å². The Bertz CT molecular complexity index is 1160. The van der Waals surface area contributed by atoms with Crippen molar-refractivity contribution in [1.82, 2.24) is 20.1 Å². The van der Waals surface area contributed by atoms with Crippen molar-refractivity contribution in [2.75, 3.05) is 52.5 Å². The molecule has 0 bridgehead atoms. The molecule has 2 N–H and O–H groups in total. The fraction of sp³-hybridized carbons (Fsp3) is 0.462. The number of piperazine rings is 1. The van der Waals surface area contributed by atoms with E-state index < -0.39 is 6.10 Å². The van der Waals surface area contributed by atoms with E-state index in [1.54, 1.807) is 11.3 Å². The number of rotatable bonds is 8. The lowest BCUT2D eigenvalue weighted by Crippen LogP contribution is -2.51. The molecular weight excluding hydrogens is 464 g/mol. The van der Waals surface area contributed by atoms with E-state index in [-0.39, 0.29) is 18.6 Å². The van der Waals surface area contributed by atoms with E-state index in [0.29, 0.717) is 19.7 Å². The first-order valence-electron chi connectivity index (χ1n) is 12.2. The summed E-state index contributed by atoms with van der Waals surface area (Å²) in [5.41, 5.74) is 1.98. The van der Waals surface area contributed by atoms with Gasteiger partial charge in [-0.2, -0.15) is 0 Å². The molecule has 5 rings (SSSR count). The molecule has 2 aliphatic heterocycles. The molecular formula is C26H32N4O4S. The Morgan fingerprint density at radius 1 is 1.23 bits per heavy atom. The van der Waals surface area contributed by atoms with Gasteiger partial charge in [0.15, 0.2) is 0 Å². The third-order valence-corrected chi connectivity index (χ3v) is 7.45. The van der Waals surface area contributed by atoms with E-state index in [2.05, 4.69) is 20.1 Å². The third kappa shape index (κ3) is 6.10. The molecule has 0 aliphatic carbocycles. The average Bonchev–Trinajstić information content (AvgIpc) is 3.23. The number of hydrogen-bond acceptors (Lipinski definition) is 8. The number of amides is 1. The van der Waals surface area contributed by atoms with Crippen molar-refractivity contribution >= 4 is 27.5 Å². The monoisotopic (exact) mass is 496 g/mol. The summed E-state index contributed by atoms with van der Waals surface area (Å²) < 4.78 is 12.6. The molecule has 1 amide bonds. The van der Waals surface area contributed by atoms with Crippen LogP contribution in [0.25, 0.3) is 10.2 Å². The number of hydrogen-bond donors (Lipinski definition) is 2. The number of aliphatic hydroxyl groups excluding tert-OH is 1. The molecule has 0 spiro atoms.